The van der Waals surface area contributed by atoms with Crippen molar-refractivity contribution in [2.24, 2.45) is 5.84 Å². The first-order valence-corrected chi connectivity index (χ1v) is 6.23. The van der Waals surface area contributed by atoms with Crippen molar-refractivity contribution < 1.29 is 9.53 Å². The summed E-state index contributed by atoms with van der Waals surface area (Å²) in [6.07, 6.45) is 1.29. The molecular formula is C10H13ClN2O2S. The van der Waals surface area contributed by atoms with Crippen LogP contribution in [-0.2, 0) is 14.9 Å². The van der Waals surface area contributed by atoms with Crippen LogP contribution in [0.4, 0.5) is 0 Å². The summed E-state index contributed by atoms with van der Waals surface area (Å²) in [7, 11) is 0. The maximum absolute atomic E-state index is 12.0. The topological polar surface area (TPSA) is 64.3 Å². The number of nitrogens with two attached hydrogens (primary N) is 1. The largest absolute Gasteiger partial charge is 0.381 e. The molecule has 2 rings (SSSR count). The van der Waals surface area contributed by atoms with Gasteiger partial charge in [0.1, 0.15) is 0 Å². The van der Waals surface area contributed by atoms with Crippen LogP contribution < -0.4 is 11.3 Å². The standard InChI is InChI=1S/C10H13ClN2O2S/c11-8-2-1-7(16-8)10(9(14)13-12)3-5-15-6-4-10/h1-2H,3-6,12H2,(H,13,14). The second kappa shape index (κ2) is 4.71. The second-order valence-corrected chi connectivity index (χ2v) is 5.49. The first kappa shape index (κ1) is 11.9. The van der Waals surface area contributed by atoms with E-state index >= 15 is 0 Å². The lowest BCUT2D eigenvalue weighted by Gasteiger charge is -2.34. The molecule has 0 unspecified atom stereocenters. The first-order valence-electron chi connectivity index (χ1n) is 5.04. The van der Waals surface area contributed by atoms with Gasteiger partial charge in [-0.15, -0.1) is 11.3 Å². The minimum Gasteiger partial charge on any atom is -0.381 e. The predicted octanol–water partition coefficient (Wildman–Crippen LogP) is 1.44. The zero-order valence-corrected chi connectivity index (χ0v) is 10.2. The molecule has 0 bridgehead atoms. The molecule has 3 N–H and O–H groups in total. The van der Waals surface area contributed by atoms with Crippen molar-refractivity contribution in [2.45, 2.75) is 18.3 Å². The molecule has 1 aromatic rings. The number of thiophene rings is 1. The molecule has 1 saturated heterocycles. The number of amides is 1. The number of halogens is 1. The minimum absolute atomic E-state index is 0.158. The van der Waals surface area contributed by atoms with Crippen LogP contribution in [0.15, 0.2) is 12.1 Å². The fourth-order valence-electron chi connectivity index (χ4n) is 2.01. The number of hydrazine groups is 1. The molecule has 6 heteroatoms. The van der Waals surface area contributed by atoms with Crippen molar-refractivity contribution >= 4 is 28.8 Å². The molecule has 0 aliphatic carbocycles. The molecule has 0 aromatic carbocycles. The number of hydrogen-bond acceptors (Lipinski definition) is 4. The van der Waals surface area contributed by atoms with Gasteiger partial charge in [0.05, 0.1) is 9.75 Å². The van der Waals surface area contributed by atoms with Gasteiger partial charge in [0, 0.05) is 18.1 Å². The van der Waals surface area contributed by atoms with Gasteiger partial charge in [-0.2, -0.15) is 0 Å². The average molecular weight is 261 g/mol. The molecule has 1 aromatic heterocycles. The summed E-state index contributed by atoms with van der Waals surface area (Å²) in [6.45, 7) is 1.14. The lowest BCUT2D eigenvalue weighted by molar-refractivity contribution is -0.130. The summed E-state index contributed by atoms with van der Waals surface area (Å²) in [5.74, 6) is 5.11. The lowest BCUT2D eigenvalue weighted by atomic mass is 9.78. The molecule has 1 fully saturated rings. The second-order valence-electron chi connectivity index (χ2n) is 3.77. The van der Waals surface area contributed by atoms with E-state index < -0.39 is 5.41 Å². The summed E-state index contributed by atoms with van der Waals surface area (Å²) in [6, 6.07) is 3.70. The highest BCUT2D eigenvalue weighted by Gasteiger charge is 2.42. The van der Waals surface area contributed by atoms with E-state index in [9.17, 15) is 4.79 Å². The highest BCUT2D eigenvalue weighted by Crippen LogP contribution is 2.40. The Kier molecular flexibility index (Phi) is 3.49. The maximum atomic E-state index is 12.0. The lowest BCUT2D eigenvalue weighted by Crippen LogP contribution is -2.49. The van der Waals surface area contributed by atoms with E-state index in [0.717, 1.165) is 4.88 Å². The summed E-state index contributed by atoms with van der Waals surface area (Å²) >= 11 is 7.34. The molecule has 16 heavy (non-hydrogen) atoms. The Morgan fingerprint density at radius 1 is 1.50 bits per heavy atom. The van der Waals surface area contributed by atoms with Gasteiger partial charge in [-0.25, -0.2) is 5.84 Å². The highest BCUT2D eigenvalue weighted by atomic mass is 35.5. The number of rotatable bonds is 2. The van der Waals surface area contributed by atoms with Crippen LogP contribution in [0.1, 0.15) is 17.7 Å². The van der Waals surface area contributed by atoms with Crippen LogP contribution >= 0.6 is 22.9 Å². The number of ether oxygens (including phenoxy) is 1. The van der Waals surface area contributed by atoms with Gasteiger partial charge in [0.2, 0.25) is 5.91 Å². The smallest absolute Gasteiger partial charge is 0.245 e. The van der Waals surface area contributed by atoms with Crippen LogP contribution in [0.3, 0.4) is 0 Å². The van der Waals surface area contributed by atoms with Crippen LogP contribution in [0.2, 0.25) is 4.34 Å². The normalized spacial score (nSPS) is 19.4. The van der Waals surface area contributed by atoms with E-state index in [1.165, 1.54) is 11.3 Å². The molecule has 0 radical (unpaired) electrons. The molecule has 0 spiro atoms. The van der Waals surface area contributed by atoms with Gasteiger partial charge >= 0.3 is 0 Å². The van der Waals surface area contributed by atoms with Gasteiger partial charge < -0.3 is 4.74 Å². The Balaban J connectivity index is 2.37. The molecule has 1 aliphatic heterocycles. The number of nitrogens with one attached hydrogen (secondary N) is 1. The first-order chi connectivity index (χ1) is 7.69. The maximum Gasteiger partial charge on any atom is 0.245 e. The quantitative estimate of drug-likeness (QED) is 0.480. The van der Waals surface area contributed by atoms with Crippen molar-refractivity contribution in [3.05, 3.63) is 21.3 Å². The predicted molar refractivity (Wildman–Crippen MR) is 63.4 cm³/mol. The van der Waals surface area contributed by atoms with Crippen LogP contribution in [0.5, 0.6) is 0 Å². The van der Waals surface area contributed by atoms with Crippen LogP contribution in [-0.4, -0.2) is 19.1 Å². The molecule has 1 aliphatic rings. The zero-order chi connectivity index (χ0) is 11.6. The SMILES string of the molecule is NNC(=O)C1(c2ccc(Cl)s2)CCOCC1. The van der Waals surface area contributed by atoms with Gasteiger partial charge in [-0.3, -0.25) is 10.2 Å². The Hall–Kier alpha value is -0.620. The zero-order valence-electron chi connectivity index (χ0n) is 8.66. The van der Waals surface area contributed by atoms with Gasteiger partial charge in [-0.1, -0.05) is 11.6 Å². The molecule has 88 valence electrons. The van der Waals surface area contributed by atoms with E-state index in [1.54, 1.807) is 0 Å². The van der Waals surface area contributed by atoms with Gasteiger partial charge in [0.25, 0.3) is 0 Å². The summed E-state index contributed by atoms with van der Waals surface area (Å²) in [5.41, 5.74) is 1.69. The number of carbonyl (C=O) groups is 1. The number of hydrogen-bond donors (Lipinski definition) is 2. The van der Waals surface area contributed by atoms with E-state index in [-0.39, 0.29) is 5.91 Å². The van der Waals surface area contributed by atoms with E-state index in [4.69, 9.17) is 22.2 Å². The fourth-order valence-corrected chi connectivity index (χ4v) is 3.30. The molecule has 2 heterocycles. The molecule has 0 saturated carbocycles. The van der Waals surface area contributed by atoms with Crippen molar-refractivity contribution in [3.63, 3.8) is 0 Å². The molecule has 0 atom stereocenters. The molecular weight excluding hydrogens is 248 g/mol. The average Bonchev–Trinajstić information content (AvgIpc) is 2.76. The third kappa shape index (κ3) is 1.96. The molecule has 1 amide bonds. The summed E-state index contributed by atoms with van der Waals surface area (Å²) < 4.78 is 5.98. The Bertz CT molecular complexity index is 388. The third-order valence-electron chi connectivity index (χ3n) is 2.96. The monoisotopic (exact) mass is 260 g/mol. The highest BCUT2D eigenvalue weighted by molar-refractivity contribution is 7.16. The van der Waals surface area contributed by atoms with Crippen molar-refractivity contribution in [1.82, 2.24) is 5.43 Å². The van der Waals surface area contributed by atoms with Crippen LogP contribution in [0.25, 0.3) is 0 Å². The van der Waals surface area contributed by atoms with Gasteiger partial charge in [0.15, 0.2) is 0 Å². The van der Waals surface area contributed by atoms with E-state index in [0.29, 0.717) is 30.4 Å². The Morgan fingerprint density at radius 2 is 2.19 bits per heavy atom. The fraction of sp³-hybridized carbons (Fsp3) is 0.500. The van der Waals surface area contributed by atoms with E-state index in [1.807, 2.05) is 12.1 Å². The summed E-state index contributed by atoms with van der Waals surface area (Å²) in [4.78, 5) is 12.9. The van der Waals surface area contributed by atoms with Crippen molar-refractivity contribution in [3.8, 4) is 0 Å². The Morgan fingerprint density at radius 3 is 2.69 bits per heavy atom. The van der Waals surface area contributed by atoms with Crippen LogP contribution in [0, 0.1) is 0 Å². The summed E-state index contributed by atoms with van der Waals surface area (Å²) in [5, 5.41) is 0. The van der Waals surface area contributed by atoms with Crippen molar-refractivity contribution in [1.29, 1.82) is 0 Å². The molecule has 4 nitrogen and oxygen atoms in total. The Labute approximate surface area is 103 Å². The van der Waals surface area contributed by atoms with Crippen molar-refractivity contribution in [2.75, 3.05) is 13.2 Å². The minimum atomic E-state index is -0.565. The third-order valence-corrected chi connectivity index (χ3v) is 4.39. The van der Waals surface area contributed by atoms with Gasteiger partial charge in [-0.05, 0) is 25.0 Å². The number of carbonyl (C=O) groups excluding carboxylic acids is 1. The van der Waals surface area contributed by atoms with E-state index in [2.05, 4.69) is 5.43 Å².